The van der Waals surface area contributed by atoms with Crippen LogP contribution in [0.15, 0.2) is 53.6 Å². The zero-order valence-corrected chi connectivity index (χ0v) is 15.9. The van der Waals surface area contributed by atoms with E-state index in [4.69, 9.17) is 4.74 Å². The summed E-state index contributed by atoms with van der Waals surface area (Å²) in [7, 11) is 0. The zero-order valence-electron chi connectivity index (χ0n) is 15.9. The molecule has 0 aromatic heterocycles. The molecule has 0 bridgehead atoms. The SMILES string of the molecule is CCCCOc1ccccc1C=NNC(=O)C(C)C(=O)Nc1ccccc1F. The molecule has 28 heavy (non-hydrogen) atoms. The summed E-state index contributed by atoms with van der Waals surface area (Å²) in [5.74, 6) is -2.18. The van der Waals surface area contributed by atoms with Crippen LogP contribution in [0, 0.1) is 11.7 Å². The predicted molar refractivity (Wildman–Crippen MR) is 107 cm³/mol. The lowest BCUT2D eigenvalue weighted by Crippen LogP contribution is -2.34. The van der Waals surface area contributed by atoms with E-state index in [-0.39, 0.29) is 5.69 Å². The third-order valence-electron chi connectivity index (χ3n) is 3.97. The highest BCUT2D eigenvalue weighted by Gasteiger charge is 2.22. The number of ether oxygens (including phenoxy) is 1. The van der Waals surface area contributed by atoms with Crippen molar-refractivity contribution < 1.29 is 18.7 Å². The van der Waals surface area contributed by atoms with E-state index in [1.165, 1.54) is 31.3 Å². The smallest absolute Gasteiger partial charge is 0.252 e. The number of unbranched alkanes of at least 4 members (excludes halogenated alkanes) is 1. The number of para-hydroxylation sites is 2. The van der Waals surface area contributed by atoms with E-state index in [0.717, 1.165) is 12.8 Å². The summed E-state index contributed by atoms with van der Waals surface area (Å²) in [6.45, 7) is 4.10. The van der Waals surface area contributed by atoms with E-state index in [1.807, 2.05) is 24.3 Å². The summed E-state index contributed by atoms with van der Waals surface area (Å²) in [4.78, 5) is 24.3. The van der Waals surface area contributed by atoms with E-state index in [9.17, 15) is 14.0 Å². The van der Waals surface area contributed by atoms with E-state index in [0.29, 0.717) is 17.9 Å². The molecular weight excluding hydrogens is 361 g/mol. The van der Waals surface area contributed by atoms with Crippen molar-refractivity contribution in [3.8, 4) is 5.75 Å². The van der Waals surface area contributed by atoms with Gasteiger partial charge in [-0.25, -0.2) is 9.82 Å². The van der Waals surface area contributed by atoms with Gasteiger partial charge in [-0.15, -0.1) is 0 Å². The molecule has 0 aliphatic carbocycles. The van der Waals surface area contributed by atoms with Crippen molar-refractivity contribution in [2.75, 3.05) is 11.9 Å². The molecule has 2 aromatic carbocycles. The molecule has 148 valence electrons. The Morgan fingerprint density at radius 3 is 2.61 bits per heavy atom. The van der Waals surface area contributed by atoms with Gasteiger partial charge in [0.05, 0.1) is 18.5 Å². The minimum absolute atomic E-state index is 0.0220. The third kappa shape index (κ3) is 6.19. The number of anilines is 1. The summed E-state index contributed by atoms with van der Waals surface area (Å²) in [5, 5.41) is 6.29. The maximum atomic E-state index is 13.6. The van der Waals surface area contributed by atoms with Gasteiger partial charge in [0.15, 0.2) is 0 Å². The lowest BCUT2D eigenvalue weighted by Gasteiger charge is -2.11. The maximum Gasteiger partial charge on any atom is 0.252 e. The summed E-state index contributed by atoms with van der Waals surface area (Å²) < 4.78 is 19.3. The molecule has 0 radical (unpaired) electrons. The predicted octanol–water partition coefficient (Wildman–Crippen LogP) is 3.73. The summed E-state index contributed by atoms with van der Waals surface area (Å²) >= 11 is 0. The quantitative estimate of drug-likeness (QED) is 0.299. The first-order valence-electron chi connectivity index (χ1n) is 9.13. The van der Waals surface area contributed by atoms with Crippen LogP contribution in [0.4, 0.5) is 10.1 Å². The zero-order chi connectivity index (χ0) is 20.4. The highest BCUT2D eigenvalue weighted by atomic mass is 19.1. The molecule has 0 heterocycles. The number of carbonyl (C=O) groups is 2. The van der Waals surface area contributed by atoms with Gasteiger partial charge in [-0.2, -0.15) is 5.10 Å². The summed E-state index contributed by atoms with van der Waals surface area (Å²) in [6.07, 6.45) is 3.43. The molecule has 6 nitrogen and oxygen atoms in total. The molecule has 1 atom stereocenters. The van der Waals surface area contributed by atoms with Gasteiger partial charge in [-0.3, -0.25) is 9.59 Å². The Morgan fingerprint density at radius 1 is 1.14 bits per heavy atom. The molecule has 0 aliphatic rings. The molecule has 2 aromatic rings. The molecule has 0 spiro atoms. The fraction of sp³-hybridized carbons (Fsp3) is 0.286. The van der Waals surface area contributed by atoms with Gasteiger partial charge in [0.25, 0.3) is 5.91 Å². The van der Waals surface area contributed by atoms with Crippen LogP contribution in [-0.4, -0.2) is 24.6 Å². The van der Waals surface area contributed by atoms with Gasteiger partial charge < -0.3 is 10.1 Å². The number of carbonyl (C=O) groups excluding carboxylic acids is 2. The Hall–Kier alpha value is -3.22. The molecule has 0 saturated carbocycles. The van der Waals surface area contributed by atoms with Crippen molar-refractivity contribution >= 4 is 23.7 Å². The summed E-state index contributed by atoms with van der Waals surface area (Å²) in [5.41, 5.74) is 3.06. The van der Waals surface area contributed by atoms with Crippen LogP contribution < -0.4 is 15.5 Å². The van der Waals surface area contributed by atoms with Crippen LogP contribution >= 0.6 is 0 Å². The molecule has 0 aliphatic heterocycles. The first-order chi connectivity index (χ1) is 13.5. The molecule has 2 N–H and O–H groups in total. The third-order valence-corrected chi connectivity index (χ3v) is 3.97. The number of rotatable bonds is 9. The molecule has 2 amide bonds. The van der Waals surface area contributed by atoms with Crippen LogP contribution in [0.5, 0.6) is 5.75 Å². The largest absolute Gasteiger partial charge is 0.493 e. The van der Waals surface area contributed by atoms with Crippen molar-refractivity contribution in [1.82, 2.24) is 5.43 Å². The fourth-order valence-electron chi connectivity index (χ4n) is 2.23. The van der Waals surface area contributed by atoms with E-state index >= 15 is 0 Å². The minimum atomic E-state index is -1.05. The van der Waals surface area contributed by atoms with Crippen molar-refractivity contribution in [3.05, 3.63) is 59.9 Å². The Balaban J connectivity index is 1.92. The molecule has 2 rings (SSSR count). The van der Waals surface area contributed by atoms with Gasteiger partial charge in [-0.1, -0.05) is 37.6 Å². The number of hydrazone groups is 1. The molecule has 7 heteroatoms. The number of halogens is 1. The van der Waals surface area contributed by atoms with Gasteiger partial charge in [0.2, 0.25) is 5.91 Å². The standard InChI is InChI=1S/C21H24FN3O3/c1-3-4-13-28-19-12-8-5-9-16(19)14-23-25-21(27)15(2)20(26)24-18-11-7-6-10-17(18)22/h5-12,14-15H,3-4,13H2,1-2H3,(H,24,26)(H,25,27). The van der Waals surface area contributed by atoms with Crippen LogP contribution in [0.3, 0.4) is 0 Å². The normalized spacial score (nSPS) is 11.8. The Labute approximate surface area is 163 Å². The van der Waals surface area contributed by atoms with Gasteiger partial charge >= 0.3 is 0 Å². The highest BCUT2D eigenvalue weighted by Crippen LogP contribution is 2.16. The number of nitrogens with one attached hydrogen (secondary N) is 2. The molecule has 0 fully saturated rings. The monoisotopic (exact) mass is 385 g/mol. The Kier molecular flexibility index (Phi) is 8.14. The van der Waals surface area contributed by atoms with Gasteiger partial charge in [-0.05, 0) is 37.6 Å². The van der Waals surface area contributed by atoms with Crippen LogP contribution in [0.1, 0.15) is 32.3 Å². The highest BCUT2D eigenvalue weighted by molar-refractivity contribution is 6.06. The van der Waals surface area contributed by atoms with E-state index in [1.54, 1.807) is 6.07 Å². The maximum absolute atomic E-state index is 13.6. The molecule has 0 saturated heterocycles. The topological polar surface area (TPSA) is 79.8 Å². The number of amides is 2. The van der Waals surface area contributed by atoms with Crippen LogP contribution in [0.25, 0.3) is 0 Å². The second kappa shape index (κ2) is 10.8. The van der Waals surface area contributed by atoms with Gasteiger partial charge in [0.1, 0.15) is 17.5 Å². The lowest BCUT2D eigenvalue weighted by molar-refractivity contribution is -0.131. The average molecular weight is 385 g/mol. The van der Waals surface area contributed by atoms with Crippen LogP contribution in [-0.2, 0) is 9.59 Å². The molecular formula is C21H24FN3O3. The lowest BCUT2D eigenvalue weighted by atomic mass is 10.1. The average Bonchev–Trinajstić information content (AvgIpc) is 2.70. The number of nitrogens with zero attached hydrogens (tertiary/aromatic N) is 1. The van der Waals surface area contributed by atoms with Crippen molar-refractivity contribution in [3.63, 3.8) is 0 Å². The molecule has 1 unspecified atom stereocenters. The second-order valence-corrected chi connectivity index (χ2v) is 6.16. The Morgan fingerprint density at radius 2 is 1.86 bits per heavy atom. The first-order valence-corrected chi connectivity index (χ1v) is 9.13. The van der Waals surface area contributed by atoms with Gasteiger partial charge in [0, 0.05) is 5.56 Å². The van der Waals surface area contributed by atoms with E-state index in [2.05, 4.69) is 22.8 Å². The van der Waals surface area contributed by atoms with E-state index < -0.39 is 23.5 Å². The first kappa shape index (κ1) is 21.1. The van der Waals surface area contributed by atoms with Crippen molar-refractivity contribution in [2.45, 2.75) is 26.7 Å². The summed E-state index contributed by atoms with van der Waals surface area (Å²) in [6, 6.07) is 13.1. The minimum Gasteiger partial charge on any atom is -0.493 e. The Bertz CT molecular complexity index is 839. The number of benzene rings is 2. The fourth-order valence-corrected chi connectivity index (χ4v) is 2.23. The van der Waals surface area contributed by atoms with Crippen molar-refractivity contribution in [2.24, 2.45) is 11.0 Å². The van der Waals surface area contributed by atoms with Crippen molar-refractivity contribution in [1.29, 1.82) is 0 Å². The number of hydrogen-bond donors (Lipinski definition) is 2. The van der Waals surface area contributed by atoms with Crippen LogP contribution in [0.2, 0.25) is 0 Å². The number of hydrogen-bond acceptors (Lipinski definition) is 4. The second-order valence-electron chi connectivity index (χ2n) is 6.16.